The SMILES string of the molecule is COc1ccccc1CNC(=O)CCC(=O)Cl. The number of amides is 1. The molecule has 0 aliphatic heterocycles. The minimum Gasteiger partial charge on any atom is -0.496 e. The molecule has 1 amide bonds. The van der Waals surface area contributed by atoms with E-state index in [2.05, 4.69) is 5.32 Å². The van der Waals surface area contributed by atoms with Gasteiger partial charge in [0.2, 0.25) is 11.1 Å². The molecule has 92 valence electrons. The molecule has 0 saturated carbocycles. The van der Waals surface area contributed by atoms with Crippen molar-refractivity contribution in [3.05, 3.63) is 29.8 Å². The summed E-state index contributed by atoms with van der Waals surface area (Å²) in [5.41, 5.74) is 0.889. The molecule has 0 unspecified atom stereocenters. The van der Waals surface area contributed by atoms with Crippen molar-refractivity contribution in [1.29, 1.82) is 0 Å². The van der Waals surface area contributed by atoms with E-state index in [-0.39, 0.29) is 18.7 Å². The van der Waals surface area contributed by atoms with Crippen LogP contribution < -0.4 is 10.1 Å². The van der Waals surface area contributed by atoms with Gasteiger partial charge < -0.3 is 10.1 Å². The number of benzene rings is 1. The van der Waals surface area contributed by atoms with Crippen LogP contribution in [0.1, 0.15) is 18.4 Å². The van der Waals surface area contributed by atoms with Crippen LogP contribution >= 0.6 is 11.6 Å². The van der Waals surface area contributed by atoms with Gasteiger partial charge in [-0.1, -0.05) is 18.2 Å². The molecule has 0 saturated heterocycles. The summed E-state index contributed by atoms with van der Waals surface area (Å²) in [6, 6.07) is 7.41. The van der Waals surface area contributed by atoms with E-state index in [1.807, 2.05) is 24.3 Å². The molecular weight excluding hydrogens is 242 g/mol. The average molecular weight is 256 g/mol. The second kappa shape index (κ2) is 6.91. The van der Waals surface area contributed by atoms with Crippen molar-refractivity contribution < 1.29 is 14.3 Å². The Morgan fingerprint density at radius 3 is 2.65 bits per heavy atom. The Hall–Kier alpha value is -1.55. The maximum absolute atomic E-state index is 11.4. The highest BCUT2D eigenvalue weighted by Crippen LogP contribution is 2.16. The molecule has 5 heteroatoms. The van der Waals surface area contributed by atoms with Crippen molar-refractivity contribution in [1.82, 2.24) is 5.32 Å². The van der Waals surface area contributed by atoms with E-state index in [4.69, 9.17) is 16.3 Å². The number of nitrogens with one attached hydrogen (secondary N) is 1. The largest absolute Gasteiger partial charge is 0.496 e. The highest BCUT2D eigenvalue weighted by molar-refractivity contribution is 6.63. The van der Waals surface area contributed by atoms with Crippen LogP contribution in [-0.4, -0.2) is 18.3 Å². The van der Waals surface area contributed by atoms with Crippen LogP contribution in [0.5, 0.6) is 5.75 Å². The van der Waals surface area contributed by atoms with Gasteiger partial charge in [-0.05, 0) is 17.7 Å². The van der Waals surface area contributed by atoms with Gasteiger partial charge in [0.1, 0.15) is 5.75 Å². The van der Waals surface area contributed by atoms with Gasteiger partial charge in [0.15, 0.2) is 0 Å². The van der Waals surface area contributed by atoms with Crippen LogP contribution in [0.3, 0.4) is 0 Å². The number of methoxy groups -OCH3 is 1. The van der Waals surface area contributed by atoms with E-state index in [1.54, 1.807) is 7.11 Å². The first-order chi connectivity index (χ1) is 8.13. The van der Waals surface area contributed by atoms with E-state index in [0.29, 0.717) is 6.54 Å². The first-order valence-electron chi connectivity index (χ1n) is 5.20. The zero-order chi connectivity index (χ0) is 12.7. The lowest BCUT2D eigenvalue weighted by atomic mass is 10.2. The molecule has 0 spiro atoms. The zero-order valence-electron chi connectivity index (χ0n) is 9.53. The highest BCUT2D eigenvalue weighted by Gasteiger charge is 2.06. The molecule has 17 heavy (non-hydrogen) atoms. The average Bonchev–Trinajstić information content (AvgIpc) is 2.34. The van der Waals surface area contributed by atoms with Crippen LogP contribution in [0.25, 0.3) is 0 Å². The summed E-state index contributed by atoms with van der Waals surface area (Å²) in [4.78, 5) is 21.8. The van der Waals surface area contributed by atoms with Crippen molar-refractivity contribution in [2.75, 3.05) is 7.11 Å². The summed E-state index contributed by atoms with van der Waals surface area (Å²) in [6.45, 7) is 0.374. The van der Waals surface area contributed by atoms with Crippen LogP contribution in [0.15, 0.2) is 24.3 Å². The molecule has 0 radical (unpaired) electrons. The molecule has 0 aliphatic carbocycles. The van der Waals surface area contributed by atoms with Gasteiger partial charge in [0.05, 0.1) is 7.11 Å². The van der Waals surface area contributed by atoms with Gasteiger partial charge in [-0.25, -0.2) is 0 Å². The van der Waals surface area contributed by atoms with Crippen LogP contribution in [0.2, 0.25) is 0 Å². The van der Waals surface area contributed by atoms with Crippen molar-refractivity contribution in [3.8, 4) is 5.75 Å². The van der Waals surface area contributed by atoms with Crippen LogP contribution in [0, 0.1) is 0 Å². The maximum Gasteiger partial charge on any atom is 0.222 e. The Kier molecular flexibility index (Phi) is 5.49. The number of rotatable bonds is 6. The lowest BCUT2D eigenvalue weighted by molar-refractivity contribution is -0.123. The fourth-order valence-electron chi connectivity index (χ4n) is 1.34. The lowest BCUT2D eigenvalue weighted by Gasteiger charge is -2.08. The van der Waals surface area contributed by atoms with Crippen LogP contribution in [0.4, 0.5) is 0 Å². The summed E-state index contributed by atoms with van der Waals surface area (Å²) in [6.07, 6.45) is 0.163. The van der Waals surface area contributed by atoms with Crippen molar-refractivity contribution >= 4 is 22.8 Å². The summed E-state index contributed by atoms with van der Waals surface area (Å²) in [7, 11) is 1.58. The number of carbonyl (C=O) groups excluding carboxylic acids is 2. The summed E-state index contributed by atoms with van der Waals surface area (Å²) >= 11 is 5.15. The Balaban J connectivity index is 2.44. The molecule has 0 aliphatic rings. The topological polar surface area (TPSA) is 55.4 Å². The number of ether oxygens (including phenoxy) is 1. The zero-order valence-corrected chi connectivity index (χ0v) is 10.3. The highest BCUT2D eigenvalue weighted by atomic mass is 35.5. The third-order valence-corrected chi connectivity index (χ3v) is 2.41. The fourth-order valence-corrected chi connectivity index (χ4v) is 1.44. The standard InChI is InChI=1S/C12H14ClNO3/c1-17-10-5-3-2-4-9(10)8-14-12(16)7-6-11(13)15/h2-5H,6-8H2,1H3,(H,14,16). The Bertz CT molecular complexity index is 406. The van der Waals surface area contributed by atoms with Gasteiger partial charge in [0, 0.05) is 24.9 Å². The van der Waals surface area contributed by atoms with Crippen molar-refractivity contribution in [3.63, 3.8) is 0 Å². The quantitative estimate of drug-likeness (QED) is 0.790. The molecule has 1 N–H and O–H groups in total. The molecule has 1 rings (SSSR count). The lowest BCUT2D eigenvalue weighted by Crippen LogP contribution is -2.23. The first-order valence-corrected chi connectivity index (χ1v) is 5.58. The molecule has 0 bridgehead atoms. The Morgan fingerprint density at radius 2 is 2.00 bits per heavy atom. The number of halogens is 1. The van der Waals surface area contributed by atoms with E-state index in [9.17, 15) is 9.59 Å². The third-order valence-electron chi connectivity index (χ3n) is 2.22. The summed E-state index contributed by atoms with van der Waals surface area (Å²) in [5, 5.41) is 2.20. The number of carbonyl (C=O) groups is 2. The van der Waals surface area contributed by atoms with Crippen molar-refractivity contribution in [2.24, 2.45) is 0 Å². The second-order valence-corrected chi connectivity index (χ2v) is 3.87. The first kappa shape index (κ1) is 13.5. The third kappa shape index (κ3) is 4.87. The molecule has 0 aromatic heterocycles. The van der Waals surface area contributed by atoms with E-state index in [0.717, 1.165) is 11.3 Å². The van der Waals surface area contributed by atoms with Gasteiger partial charge in [0.25, 0.3) is 0 Å². The van der Waals surface area contributed by atoms with E-state index in [1.165, 1.54) is 0 Å². The molecule has 0 fully saturated rings. The Morgan fingerprint density at radius 1 is 1.29 bits per heavy atom. The predicted molar refractivity (Wildman–Crippen MR) is 64.9 cm³/mol. The molecule has 0 heterocycles. The minimum absolute atomic E-state index is 0.0549. The van der Waals surface area contributed by atoms with E-state index < -0.39 is 5.24 Å². The molecule has 4 nitrogen and oxygen atoms in total. The normalized spacial score (nSPS) is 9.76. The molecule has 1 aromatic carbocycles. The van der Waals surface area contributed by atoms with Crippen molar-refractivity contribution in [2.45, 2.75) is 19.4 Å². The predicted octanol–water partition coefficient (Wildman–Crippen LogP) is 1.86. The smallest absolute Gasteiger partial charge is 0.222 e. The molecular formula is C12H14ClNO3. The number of hydrogen-bond acceptors (Lipinski definition) is 3. The Labute approximate surface area is 105 Å². The van der Waals surface area contributed by atoms with Crippen LogP contribution in [-0.2, 0) is 16.1 Å². The molecule has 1 aromatic rings. The minimum atomic E-state index is -0.502. The van der Waals surface area contributed by atoms with Gasteiger partial charge in [-0.3, -0.25) is 9.59 Å². The monoisotopic (exact) mass is 255 g/mol. The summed E-state index contributed by atoms with van der Waals surface area (Å²) in [5.74, 6) is 0.520. The second-order valence-electron chi connectivity index (χ2n) is 3.44. The number of para-hydroxylation sites is 1. The van der Waals surface area contributed by atoms with Gasteiger partial charge >= 0.3 is 0 Å². The van der Waals surface area contributed by atoms with E-state index >= 15 is 0 Å². The number of hydrogen-bond donors (Lipinski definition) is 1. The summed E-state index contributed by atoms with van der Waals surface area (Å²) < 4.78 is 5.15. The van der Waals surface area contributed by atoms with Gasteiger partial charge in [-0.2, -0.15) is 0 Å². The maximum atomic E-state index is 11.4. The molecule has 0 atom stereocenters. The van der Waals surface area contributed by atoms with Gasteiger partial charge in [-0.15, -0.1) is 0 Å². The fraction of sp³-hybridized carbons (Fsp3) is 0.333.